The first-order valence-electron chi connectivity index (χ1n) is 8.60. The van der Waals surface area contributed by atoms with Crippen LogP contribution in [0, 0.1) is 11.6 Å². The molecule has 4 rings (SSSR count). The van der Waals surface area contributed by atoms with E-state index < -0.39 is 17.5 Å². The maximum Gasteiger partial charge on any atom is 0.274 e. The molecule has 0 unspecified atom stereocenters. The number of benzene rings is 3. The van der Waals surface area contributed by atoms with E-state index in [9.17, 15) is 13.6 Å². The van der Waals surface area contributed by atoms with Crippen molar-refractivity contribution in [3.63, 3.8) is 0 Å². The van der Waals surface area contributed by atoms with E-state index in [0.29, 0.717) is 11.4 Å². The predicted octanol–water partition coefficient (Wildman–Crippen LogP) is 5.07. The molecule has 28 heavy (non-hydrogen) atoms. The second kappa shape index (κ2) is 7.44. The van der Waals surface area contributed by atoms with Gasteiger partial charge in [0.15, 0.2) is 0 Å². The Morgan fingerprint density at radius 1 is 0.821 bits per heavy atom. The van der Waals surface area contributed by atoms with Crippen LogP contribution in [-0.2, 0) is 0 Å². The van der Waals surface area contributed by atoms with Crippen molar-refractivity contribution in [1.29, 1.82) is 0 Å². The Morgan fingerprint density at radius 3 is 2.18 bits per heavy atom. The number of anilines is 1. The summed E-state index contributed by atoms with van der Waals surface area (Å²) in [6.45, 7) is 0. The molecule has 4 nitrogen and oxygen atoms in total. The summed E-state index contributed by atoms with van der Waals surface area (Å²) in [6.07, 6.45) is 0. The van der Waals surface area contributed by atoms with Crippen molar-refractivity contribution in [1.82, 2.24) is 9.78 Å². The molecule has 1 heterocycles. The fraction of sp³-hybridized carbons (Fsp3) is 0. The van der Waals surface area contributed by atoms with Crippen molar-refractivity contribution in [2.24, 2.45) is 0 Å². The lowest BCUT2D eigenvalue weighted by atomic mass is 10.1. The highest BCUT2D eigenvalue weighted by atomic mass is 19.1. The number of hydrogen-bond donors (Lipinski definition) is 1. The lowest BCUT2D eigenvalue weighted by molar-refractivity contribution is 0.101. The standard InChI is InChI=1S/C22H15F2N3O/c23-17-11-5-4-10-16(17)20-14-21(27(26-20)15-8-2-1-3-9-15)22(28)25-19-13-7-6-12-18(19)24/h1-14H,(H,25,28). The summed E-state index contributed by atoms with van der Waals surface area (Å²) in [5.41, 5.74) is 1.43. The number of halogens is 2. The minimum absolute atomic E-state index is 0.0563. The summed E-state index contributed by atoms with van der Waals surface area (Å²) in [6, 6.07) is 22.6. The van der Waals surface area contributed by atoms with Gasteiger partial charge in [-0.3, -0.25) is 4.79 Å². The van der Waals surface area contributed by atoms with Gasteiger partial charge < -0.3 is 5.32 Å². The lowest BCUT2D eigenvalue weighted by Gasteiger charge is -2.08. The molecule has 0 aliphatic rings. The van der Waals surface area contributed by atoms with Gasteiger partial charge in [0.1, 0.15) is 17.3 Å². The van der Waals surface area contributed by atoms with Crippen LogP contribution in [0.1, 0.15) is 10.5 Å². The van der Waals surface area contributed by atoms with Crippen LogP contribution in [-0.4, -0.2) is 15.7 Å². The molecular weight excluding hydrogens is 360 g/mol. The molecule has 3 aromatic carbocycles. The molecule has 4 aromatic rings. The second-order valence-electron chi connectivity index (χ2n) is 6.08. The van der Waals surface area contributed by atoms with Gasteiger partial charge in [-0.15, -0.1) is 0 Å². The lowest BCUT2D eigenvalue weighted by Crippen LogP contribution is -2.17. The normalized spacial score (nSPS) is 10.6. The van der Waals surface area contributed by atoms with E-state index in [0.717, 1.165) is 0 Å². The molecule has 0 fully saturated rings. The van der Waals surface area contributed by atoms with Gasteiger partial charge in [-0.25, -0.2) is 13.5 Å². The van der Waals surface area contributed by atoms with Gasteiger partial charge in [-0.05, 0) is 42.5 Å². The SMILES string of the molecule is O=C(Nc1ccccc1F)c1cc(-c2ccccc2F)nn1-c1ccccc1. The van der Waals surface area contributed by atoms with Gasteiger partial charge in [0.25, 0.3) is 5.91 Å². The molecule has 0 aliphatic carbocycles. The van der Waals surface area contributed by atoms with E-state index in [2.05, 4.69) is 10.4 Å². The number of nitrogens with one attached hydrogen (secondary N) is 1. The summed E-state index contributed by atoms with van der Waals surface area (Å²) in [7, 11) is 0. The molecule has 1 N–H and O–H groups in total. The first kappa shape index (κ1) is 17.6. The first-order chi connectivity index (χ1) is 13.6. The number of amides is 1. The van der Waals surface area contributed by atoms with Gasteiger partial charge >= 0.3 is 0 Å². The Bertz CT molecular complexity index is 1140. The van der Waals surface area contributed by atoms with Crippen molar-refractivity contribution in [2.45, 2.75) is 0 Å². The molecule has 1 amide bonds. The van der Waals surface area contributed by atoms with Gasteiger partial charge in [-0.1, -0.05) is 42.5 Å². The fourth-order valence-corrected chi connectivity index (χ4v) is 2.86. The molecular formula is C22H15F2N3O. The number of aromatic nitrogens is 2. The number of para-hydroxylation sites is 2. The highest BCUT2D eigenvalue weighted by Crippen LogP contribution is 2.25. The summed E-state index contributed by atoms with van der Waals surface area (Å²) < 4.78 is 29.6. The van der Waals surface area contributed by atoms with E-state index in [4.69, 9.17) is 0 Å². The van der Waals surface area contributed by atoms with Crippen molar-refractivity contribution in [3.05, 3.63) is 102 Å². The number of rotatable bonds is 4. The molecule has 0 saturated carbocycles. The smallest absolute Gasteiger partial charge is 0.274 e. The van der Waals surface area contributed by atoms with E-state index in [1.165, 1.54) is 35.0 Å². The molecule has 0 atom stereocenters. The van der Waals surface area contributed by atoms with Crippen LogP contribution in [0.15, 0.2) is 84.9 Å². The molecule has 1 aromatic heterocycles. The largest absolute Gasteiger partial charge is 0.318 e. The first-order valence-corrected chi connectivity index (χ1v) is 8.60. The van der Waals surface area contributed by atoms with Crippen LogP contribution in [0.2, 0.25) is 0 Å². The summed E-state index contributed by atoms with van der Waals surface area (Å²) >= 11 is 0. The van der Waals surface area contributed by atoms with Crippen molar-refractivity contribution >= 4 is 11.6 Å². The minimum atomic E-state index is -0.552. The van der Waals surface area contributed by atoms with Crippen molar-refractivity contribution < 1.29 is 13.6 Å². The van der Waals surface area contributed by atoms with E-state index in [1.807, 2.05) is 6.07 Å². The third kappa shape index (κ3) is 3.40. The highest BCUT2D eigenvalue weighted by molar-refractivity contribution is 6.04. The third-order valence-electron chi connectivity index (χ3n) is 4.21. The molecule has 0 saturated heterocycles. The van der Waals surface area contributed by atoms with Crippen molar-refractivity contribution in [2.75, 3.05) is 5.32 Å². The molecule has 0 radical (unpaired) electrons. The average Bonchev–Trinajstić information content (AvgIpc) is 3.16. The van der Waals surface area contributed by atoms with Crippen molar-refractivity contribution in [3.8, 4) is 16.9 Å². The zero-order valence-corrected chi connectivity index (χ0v) is 14.6. The topological polar surface area (TPSA) is 46.9 Å². The summed E-state index contributed by atoms with van der Waals surface area (Å²) in [4.78, 5) is 12.9. The van der Waals surface area contributed by atoms with E-state index in [-0.39, 0.29) is 16.9 Å². The number of hydrogen-bond acceptors (Lipinski definition) is 2. The molecule has 6 heteroatoms. The van der Waals surface area contributed by atoms with Crippen LogP contribution in [0.5, 0.6) is 0 Å². The number of carbonyl (C=O) groups is 1. The Labute approximate surface area is 160 Å². The maximum absolute atomic E-state index is 14.2. The highest BCUT2D eigenvalue weighted by Gasteiger charge is 2.20. The van der Waals surface area contributed by atoms with Gasteiger partial charge in [0, 0.05) is 5.56 Å². The van der Waals surface area contributed by atoms with Crippen LogP contribution < -0.4 is 5.32 Å². The van der Waals surface area contributed by atoms with Gasteiger partial charge in [0.05, 0.1) is 17.1 Å². The summed E-state index contributed by atoms with van der Waals surface area (Å²) in [5, 5.41) is 6.97. The van der Waals surface area contributed by atoms with E-state index in [1.54, 1.807) is 48.5 Å². The number of carbonyl (C=O) groups excluding carboxylic acids is 1. The fourth-order valence-electron chi connectivity index (χ4n) is 2.86. The van der Waals surface area contributed by atoms with Crippen LogP contribution in [0.4, 0.5) is 14.5 Å². The summed E-state index contributed by atoms with van der Waals surface area (Å²) in [5.74, 6) is -1.54. The van der Waals surface area contributed by atoms with Crippen LogP contribution >= 0.6 is 0 Å². The zero-order chi connectivity index (χ0) is 19.5. The average molecular weight is 375 g/mol. The van der Waals surface area contributed by atoms with Crippen LogP contribution in [0.3, 0.4) is 0 Å². The maximum atomic E-state index is 14.2. The van der Waals surface area contributed by atoms with E-state index >= 15 is 0 Å². The van der Waals surface area contributed by atoms with Gasteiger partial charge in [-0.2, -0.15) is 5.10 Å². The Hall–Kier alpha value is -3.80. The third-order valence-corrected chi connectivity index (χ3v) is 4.21. The molecule has 0 bridgehead atoms. The molecule has 0 aliphatic heterocycles. The Kier molecular flexibility index (Phi) is 4.68. The number of nitrogens with zero attached hydrogens (tertiary/aromatic N) is 2. The zero-order valence-electron chi connectivity index (χ0n) is 14.6. The van der Waals surface area contributed by atoms with Crippen LogP contribution in [0.25, 0.3) is 16.9 Å². The predicted molar refractivity (Wildman–Crippen MR) is 103 cm³/mol. The molecule has 138 valence electrons. The van der Waals surface area contributed by atoms with Gasteiger partial charge in [0.2, 0.25) is 0 Å². The Morgan fingerprint density at radius 2 is 1.46 bits per heavy atom. The monoisotopic (exact) mass is 375 g/mol. The quantitative estimate of drug-likeness (QED) is 0.541. The second-order valence-corrected chi connectivity index (χ2v) is 6.08. The minimum Gasteiger partial charge on any atom is -0.318 e. The Balaban J connectivity index is 1.80. The molecule has 0 spiro atoms.